The van der Waals surface area contributed by atoms with Crippen LogP contribution < -0.4 is 9.03 Å². The number of rotatable bonds is 4. The highest BCUT2D eigenvalue weighted by atomic mass is 79.9. The zero-order chi connectivity index (χ0) is 12.1. The third-order valence-electron chi connectivity index (χ3n) is 1.85. The van der Waals surface area contributed by atoms with Crippen LogP contribution in [0, 0.1) is 0 Å². The molecule has 0 N–H and O–H groups in total. The zero-order valence-electron chi connectivity index (χ0n) is 8.75. The Kier molecular flexibility index (Phi) is 4.89. The number of carbonyl (C=O) groups excluding carboxylic acids is 1. The predicted molar refractivity (Wildman–Crippen MR) is 63.1 cm³/mol. The second-order valence-corrected chi connectivity index (χ2v) is 3.70. The van der Waals surface area contributed by atoms with Crippen LogP contribution in [0.2, 0.25) is 0 Å². The van der Waals surface area contributed by atoms with Gasteiger partial charge in [-0.15, -0.1) is 0 Å². The van der Waals surface area contributed by atoms with Crippen LogP contribution in [-0.4, -0.2) is 19.7 Å². The second-order valence-electron chi connectivity index (χ2n) is 2.76. The van der Waals surface area contributed by atoms with Gasteiger partial charge in [-0.1, -0.05) is 0 Å². The van der Waals surface area contributed by atoms with Gasteiger partial charge in [-0.25, -0.2) is 4.79 Å². The third kappa shape index (κ3) is 2.59. The Morgan fingerprint density at radius 2 is 2.19 bits per heavy atom. The number of carbonyl (C=O) groups is 1. The van der Waals surface area contributed by atoms with E-state index in [-0.39, 0.29) is 17.9 Å². The van der Waals surface area contributed by atoms with Crippen molar-refractivity contribution in [2.45, 2.75) is 6.92 Å². The summed E-state index contributed by atoms with van der Waals surface area (Å²) < 4.78 is 15.0. The maximum Gasteiger partial charge on any atom is 0.342 e. The van der Waals surface area contributed by atoms with Gasteiger partial charge in [0.05, 0.1) is 13.7 Å². The molecule has 1 aromatic rings. The van der Waals surface area contributed by atoms with Gasteiger partial charge >= 0.3 is 5.97 Å². The first-order chi connectivity index (χ1) is 7.65. The Hall–Kier alpha value is -0.940. The molecule has 1 rings (SSSR count). The van der Waals surface area contributed by atoms with Gasteiger partial charge in [0.1, 0.15) is 27.7 Å². The van der Waals surface area contributed by atoms with Crippen LogP contribution in [0.3, 0.4) is 0 Å². The molecule has 6 heteroatoms. The number of halogens is 2. The summed E-state index contributed by atoms with van der Waals surface area (Å²) in [6.07, 6.45) is 0. The first-order valence-electron chi connectivity index (χ1n) is 4.47. The Balaban J connectivity index is 3.20. The number of hydrogen-bond acceptors (Lipinski definition) is 4. The average molecular weight is 310 g/mol. The molecule has 0 atom stereocenters. The molecule has 0 aromatic heterocycles. The van der Waals surface area contributed by atoms with Crippen molar-refractivity contribution in [2.75, 3.05) is 13.7 Å². The van der Waals surface area contributed by atoms with E-state index < -0.39 is 5.97 Å². The fraction of sp³-hybridized carbons (Fsp3) is 0.300. The zero-order valence-corrected chi connectivity index (χ0v) is 11.1. The summed E-state index contributed by atoms with van der Waals surface area (Å²) >= 11 is 8.55. The monoisotopic (exact) mass is 308 g/mol. The predicted octanol–water partition coefficient (Wildman–Crippen LogP) is 3.17. The molecule has 16 heavy (non-hydrogen) atoms. The minimum Gasteiger partial charge on any atom is -0.495 e. The number of benzene rings is 1. The standard InChI is InChI=1S/C10H10BrClO4/c1-3-15-10(13)6-4-5-7(14-2)8(11)9(6)16-12/h4-5H,3H2,1-2H3. The van der Waals surface area contributed by atoms with E-state index in [2.05, 4.69) is 20.2 Å². The molecule has 0 aliphatic heterocycles. The number of esters is 1. The highest BCUT2D eigenvalue weighted by Crippen LogP contribution is 2.38. The van der Waals surface area contributed by atoms with E-state index in [1.165, 1.54) is 13.2 Å². The third-order valence-corrected chi connectivity index (χ3v) is 2.76. The van der Waals surface area contributed by atoms with Gasteiger partial charge in [0.2, 0.25) is 0 Å². The van der Waals surface area contributed by atoms with E-state index >= 15 is 0 Å². The SMILES string of the molecule is CCOC(=O)c1ccc(OC)c(Br)c1OCl. The molecule has 0 radical (unpaired) electrons. The molecule has 0 saturated carbocycles. The number of methoxy groups -OCH3 is 1. The quantitative estimate of drug-likeness (QED) is 0.801. The second kappa shape index (κ2) is 5.96. The van der Waals surface area contributed by atoms with Crippen LogP contribution in [0.25, 0.3) is 0 Å². The summed E-state index contributed by atoms with van der Waals surface area (Å²) in [5.74, 6) is 0.199. The fourth-order valence-electron chi connectivity index (χ4n) is 1.14. The summed E-state index contributed by atoms with van der Waals surface area (Å²) in [5, 5.41) is 0. The Bertz CT molecular complexity index is 395. The van der Waals surface area contributed by atoms with E-state index in [9.17, 15) is 4.79 Å². The van der Waals surface area contributed by atoms with E-state index in [1.807, 2.05) is 0 Å². The maximum atomic E-state index is 11.6. The summed E-state index contributed by atoms with van der Waals surface area (Å²) in [4.78, 5) is 11.6. The minimum absolute atomic E-state index is 0.180. The molecular formula is C10H10BrClO4. The first kappa shape index (κ1) is 13.1. The normalized spacial score (nSPS) is 9.75. The molecule has 4 nitrogen and oxygen atoms in total. The lowest BCUT2D eigenvalue weighted by molar-refractivity contribution is 0.0524. The molecule has 0 bridgehead atoms. The van der Waals surface area contributed by atoms with Gasteiger partial charge in [-0.05, 0) is 35.0 Å². The lowest BCUT2D eigenvalue weighted by Gasteiger charge is -2.10. The summed E-state index contributed by atoms with van der Waals surface area (Å²) in [5.41, 5.74) is 0.240. The Morgan fingerprint density at radius 3 is 2.69 bits per heavy atom. The van der Waals surface area contributed by atoms with Crippen LogP contribution in [0.5, 0.6) is 11.5 Å². The van der Waals surface area contributed by atoms with Gasteiger partial charge in [-0.2, -0.15) is 0 Å². The van der Waals surface area contributed by atoms with Crippen molar-refractivity contribution in [3.8, 4) is 11.5 Å². The minimum atomic E-state index is -0.499. The van der Waals surface area contributed by atoms with Gasteiger partial charge in [0.25, 0.3) is 0 Å². The van der Waals surface area contributed by atoms with Crippen LogP contribution in [0.1, 0.15) is 17.3 Å². The van der Waals surface area contributed by atoms with Gasteiger partial charge in [0, 0.05) is 0 Å². The molecule has 0 spiro atoms. The van der Waals surface area contributed by atoms with Crippen molar-refractivity contribution in [3.05, 3.63) is 22.2 Å². The van der Waals surface area contributed by atoms with E-state index in [0.29, 0.717) is 10.2 Å². The van der Waals surface area contributed by atoms with E-state index in [4.69, 9.17) is 21.3 Å². The number of ether oxygens (including phenoxy) is 2. The summed E-state index contributed by atoms with van der Waals surface area (Å²) in [6.45, 7) is 2.00. The van der Waals surface area contributed by atoms with Gasteiger partial charge in [0.15, 0.2) is 5.75 Å². The van der Waals surface area contributed by atoms with Gasteiger partial charge in [-0.3, -0.25) is 0 Å². The molecule has 0 saturated heterocycles. The molecule has 1 aromatic carbocycles. The van der Waals surface area contributed by atoms with E-state index in [0.717, 1.165) is 0 Å². The van der Waals surface area contributed by atoms with Crippen molar-refractivity contribution in [1.82, 2.24) is 0 Å². The van der Waals surface area contributed by atoms with Crippen molar-refractivity contribution in [2.24, 2.45) is 0 Å². The Labute approximate surface area is 107 Å². The first-order valence-corrected chi connectivity index (χ1v) is 5.58. The smallest absolute Gasteiger partial charge is 0.342 e. The summed E-state index contributed by atoms with van der Waals surface area (Å²) in [6, 6.07) is 3.15. The lowest BCUT2D eigenvalue weighted by Crippen LogP contribution is -2.06. The van der Waals surface area contributed by atoms with Crippen LogP contribution in [0.4, 0.5) is 0 Å². The molecular weight excluding hydrogens is 299 g/mol. The molecule has 0 amide bonds. The average Bonchev–Trinajstić information content (AvgIpc) is 2.28. The molecule has 88 valence electrons. The van der Waals surface area contributed by atoms with E-state index in [1.54, 1.807) is 13.0 Å². The molecule has 0 aliphatic carbocycles. The topological polar surface area (TPSA) is 44.8 Å². The van der Waals surface area contributed by atoms with Crippen LogP contribution in [-0.2, 0) is 4.74 Å². The molecule has 0 heterocycles. The maximum absolute atomic E-state index is 11.6. The van der Waals surface area contributed by atoms with Crippen molar-refractivity contribution < 1.29 is 18.6 Å². The highest BCUT2D eigenvalue weighted by Gasteiger charge is 2.19. The number of hydrogen-bond donors (Lipinski definition) is 0. The van der Waals surface area contributed by atoms with Crippen molar-refractivity contribution >= 4 is 33.8 Å². The Morgan fingerprint density at radius 1 is 1.50 bits per heavy atom. The highest BCUT2D eigenvalue weighted by molar-refractivity contribution is 9.10. The molecule has 0 fully saturated rings. The molecule has 0 unspecified atom stereocenters. The van der Waals surface area contributed by atoms with Crippen molar-refractivity contribution in [1.29, 1.82) is 0 Å². The summed E-state index contributed by atoms with van der Waals surface area (Å²) in [7, 11) is 1.50. The largest absolute Gasteiger partial charge is 0.495 e. The van der Waals surface area contributed by atoms with Crippen LogP contribution in [0.15, 0.2) is 16.6 Å². The van der Waals surface area contributed by atoms with Crippen LogP contribution >= 0.6 is 27.8 Å². The fourth-order valence-corrected chi connectivity index (χ4v) is 1.98. The molecule has 0 aliphatic rings. The lowest BCUT2D eigenvalue weighted by atomic mass is 10.2. The van der Waals surface area contributed by atoms with Gasteiger partial charge < -0.3 is 13.8 Å². The van der Waals surface area contributed by atoms with Crippen molar-refractivity contribution in [3.63, 3.8) is 0 Å².